The number of carboxylic acid groups (broad SMARTS) is 1. The molecule has 1 N–H and O–H groups in total. The molecule has 0 unspecified atom stereocenters. The van der Waals surface area contributed by atoms with E-state index in [-0.39, 0.29) is 5.91 Å². The average Bonchev–Trinajstić information content (AvgIpc) is 2.43. The molecular weight excluding hydrogens is 278 g/mol. The highest BCUT2D eigenvalue weighted by atomic mass is 35.5. The van der Waals surface area contributed by atoms with E-state index in [2.05, 4.69) is 5.32 Å². The van der Waals surface area contributed by atoms with Crippen LogP contribution in [0.4, 0.5) is 5.69 Å². The summed E-state index contributed by atoms with van der Waals surface area (Å²) in [5.74, 6) is -2.61. The van der Waals surface area contributed by atoms with Gasteiger partial charge in [-0.25, -0.2) is 0 Å². The Morgan fingerprint density at radius 1 is 1.25 bits per heavy atom. The fraction of sp³-hybridized carbons (Fsp3) is 0.467. The van der Waals surface area contributed by atoms with Crippen molar-refractivity contribution in [1.29, 1.82) is 0 Å². The second-order valence-electron chi connectivity index (χ2n) is 5.27. The molecule has 2 rings (SSSR count). The monoisotopic (exact) mass is 294 g/mol. The van der Waals surface area contributed by atoms with Gasteiger partial charge in [0, 0.05) is 28.5 Å². The van der Waals surface area contributed by atoms with E-state index >= 15 is 0 Å². The number of aliphatic carboxylic acids is 1. The number of hydrogen-bond acceptors (Lipinski definition) is 3. The van der Waals surface area contributed by atoms with Crippen LogP contribution < -0.4 is 10.4 Å². The Balaban J connectivity index is 2.09. The topological polar surface area (TPSA) is 69.2 Å². The molecular formula is C15H17ClNO3-. The third-order valence-electron chi connectivity index (χ3n) is 3.84. The first-order valence-electron chi connectivity index (χ1n) is 6.77. The minimum absolute atomic E-state index is 0.265. The number of anilines is 1. The van der Waals surface area contributed by atoms with Crippen LogP contribution in [0.25, 0.3) is 0 Å². The Hall–Kier alpha value is -1.55. The Kier molecular flexibility index (Phi) is 4.65. The van der Waals surface area contributed by atoms with E-state index in [0.717, 1.165) is 18.4 Å². The molecule has 0 aliphatic heterocycles. The van der Waals surface area contributed by atoms with E-state index in [9.17, 15) is 14.7 Å². The number of amides is 1. The number of carboxylic acids is 1. The van der Waals surface area contributed by atoms with E-state index in [1.54, 1.807) is 12.1 Å². The highest BCUT2D eigenvalue weighted by molar-refractivity contribution is 6.31. The van der Waals surface area contributed by atoms with Gasteiger partial charge in [0.2, 0.25) is 5.91 Å². The molecule has 1 aliphatic rings. The molecule has 0 aromatic heterocycles. The maximum absolute atomic E-state index is 12.2. The number of rotatable bonds is 3. The predicted octanol–water partition coefficient (Wildman–Crippen LogP) is 2.14. The van der Waals surface area contributed by atoms with Gasteiger partial charge in [0.1, 0.15) is 0 Å². The van der Waals surface area contributed by atoms with Crippen molar-refractivity contribution in [2.75, 3.05) is 5.32 Å². The molecule has 1 aromatic rings. The standard InChI is InChI=1S/C15H18ClNO3/c1-9-6-7-10(8-13(9)16)17-14(18)11-4-2-3-5-12(11)15(19)20/h6-8,11-12H,2-5H2,1H3,(H,17,18)(H,19,20)/p-1/t11-,12+/m0/s1. The Morgan fingerprint density at radius 3 is 2.50 bits per heavy atom. The summed E-state index contributed by atoms with van der Waals surface area (Å²) in [4.78, 5) is 23.3. The first kappa shape index (κ1) is 14.9. The van der Waals surface area contributed by atoms with Crippen LogP contribution in [0.15, 0.2) is 18.2 Å². The number of aryl methyl sites for hydroxylation is 1. The normalized spacial score (nSPS) is 22.3. The van der Waals surface area contributed by atoms with E-state index < -0.39 is 17.8 Å². The van der Waals surface area contributed by atoms with Crippen molar-refractivity contribution in [2.45, 2.75) is 32.6 Å². The van der Waals surface area contributed by atoms with Gasteiger partial charge in [0.05, 0.1) is 0 Å². The molecule has 2 atom stereocenters. The maximum atomic E-state index is 12.2. The number of carbonyl (C=O) groups excluding carboxylic acids is 2. The summed E-state index contributed by atoms with van der Waals surface area (Å²) in [6.07, 6.45) is 2.80. The van der Waals surface area contributed by atoms with E-state index in [1.807, 2.05) is 13.0 Å². The zero-order chi connectivity index (χ0) is 14.7. The van der Waals surface area contributed by atoms with Crippen molar-refractivity contribution in [2.24, 2.45) is 11.8 Å². The molecule has 1 amide bonds. The van der Waals surface area contributed by atoms with Gasteiger partial charge in [0.25, 0.3) is 0 Å². The summed E-state index contributed by atoms with van der Waals surface area (Å²) < 4.78 is 0. The largest absolute Gasteiger partial charge is 0.550 e. The molecule has 4 nitrogen and oxygen atoms in total. The van der Waals surface area contributed by atoms with Gasteiger partial charge in [-0.15, -0.1) is 0 Å². The quantitative estimate of drug-likeness (QED) is 0.928. The fourth-order valence-corrected chi connectivity index (χ4v) is 2.81. The molecule has 1 saturated carbocycles. The maximum Gasteiger partial charge on any atom is 0.228 e. The zero-order valence-corrected chi connectivity index (χ0v) is 12.1. The SMILES string of the molecule is Cc1ccc(NC(=O)[C@H]2CCCC[C@H]2C(=O)[O-])cc1Cl. The molecule has 5 heteroatoms. The van der Waals surface area contributed by atoms with Crippen LogP contribution in [0.2, 0.25) is 5.02 Å². The lowest BCUT2D eigenvalue weighted by Crippen LogP contribution is -2.42. The average molecular weight is 295 g/mol. The Labute approximate surface area is 123 Å². The predicted molar refractivity (Wildman–Crippen MR) is 75.3 cm³/mol. The van der Waals surface area contributed by atoms with Crippen molar-refractivity contribution in [3.05, 3.63) is 28.8 Å². The van der Waals surface area contributed by atoms with Gasteiger partial charge in [-0.1, -0.05) is 30.5 Å². The first-order chi connectivity index (χ1) is 9.49. The summed E-state index contributed by atoms with van der Waals surface area (Å²) >= 11 is 6.01. The van der Waals surface area contributed by atoms with Crippen molar-refractivity contribution in [3.63, 3.8) is 0 Å². The highest BCUT2D eigenvalue weighted by Gasteiger charge is 2.31. The number of carbonyl (C=O) groups is 2. The minimum atomic E-state index is -1.13. The van der Waals surface area contributed by atoms with Crippen LogP contribution in [-0.2, 0) is 9.59 Å². The van der Waals surface area contributed by atoms with Gasteiger partial charge in [-0.2, -0.15) is 0 Å². The fourth-order valence-electron chi connectivity index (χ4n) is 2.63. The van der Waals surface area contributed by atoms with Crippen molar-refractivity contribution in [3.8, 4) is 0 Å². The van der Waals surface area contributed by atoms with Gasteiger partial charge in [-0.3, -0.25) is 4.79 Å². The van der Waals surface area contributed by atoms with Crippen LogP contribution in [-0.4, -0.2) is 11.9 Å². The van der Waals surface area contributed by atoms with Crippen LogP contribution in [0, 0.1) is 18.8 Å². The first-order valence-corrected chi connectivity index (χ1v) is 7.14. The second kappa shape index (κ2) is 6.27. The van der Waals surface area contributed by atoms with Crippen molar-refractivity contribution < 1.29 is 14.7 Å². The van der Waals surface area contributed by atoms with Gasteiger partial charge in [-0.05, 0) is 37.5 Å². The van der Waals surface area contributed by atoms with Crippen molar-refractivity contribution >= 4 is 29.2 Å². The molecule has 0 saturated heterocycles. The second-order valence-corrected chi connectivity index (χ2v) is 5.68. The number of hydrogen-bond donors (Lipinski definition) is 1. The van der Waals surface area contributed by atoms with E-state index in [1.165, 1.54) is 0 Å². The molecule has 0 spiro atoms. The minimum Gasteiger partial charge on any atom is -0.550 e. The van der Waals surface area contributed by atoms with E-state index in [0.29, 0.717) is 23.6 Å². The lowest BCUT2D eigenvalue weighted by atomic mass is 9.78. The number of benzene rings is 1. The third kappa shape index (κ3) is 3.31. The summed E-state index contributed by atoms with van der Waals surface area (Å²) in [6.45, 7) is 1.88. The van der Waals surface area contributed by atoms with Gasteiger partial charge < -0.3 is 15.2 Å². The van der Waals surface area contributed by atoms with Gasteiger partial charge >= 0.3 is 0 Å². The van der Waals surface area contributed by atoms with Crippen LogP contribution in [0.5, 0.6) is 0 Å². The van der Waals surface area contributed by atoms with E-state index in [4.69, 9.17) is 11.6 Å². The molecule has 1 fully saturated rings. The summed E-state index contributed by atoms with van der Waals surface area (Å²) in [7, 11) is 0. The van der Waals surface area contributed by atoms with Crippen molar-refractivity contribution in [1.82, 2.24) is 0 Å². The van der Waals surface area contributed by atoms with Crippen LogP contribution >= 0.6 is 11.6 Å². The Bertz CT molecular complexity index is 530. The smallest absolute Gasteiger partial charge is 0.228 e. The molecule has 1 aromatic carbocycles. The van der Waals surface area contributed by atoms with Gasteiger partial charge in [0.15, 0.2) is 0 Å². The molecule has 0 heterocycles. The van der Waals surface area contributed by atoms with Crippen LogP contribution in [0.1, 0.15) is 31.2 Å². The molecule has 108 valence electrons. The van der Waals surface area contributed by atoms with Crippen LogP contribution in [0.3, 0.4) is 0 Å². The summed E-state index contributed by atoms with van der Waals surface area (Å²) in [5, 5.41) is 14.4. The molecule has 0 radical (unpaired) electrons. The number of nitrogens with one attached hydrogen (secondary N) is 1. The molecule has 0 bridgehead atoms. The molecule has 1 aliphatic carbocycles. The third-order valence-corrected chi connectivity index (χ3v) is 4.25. The Morgan fingerprint density at radius 2 is 1.90 bits per heavy atom. The zero-order valence-electron chi connectivity index (χ0n) is 11.3. The lowest BCUT2D eigenvalue weighted by molar-refractivity contribution is -0.313. The lowest BCUT2D eigenvalue weighted by Gasteiger charge is -2.31. The summed E-state index contributed by atoms with van der Waals surface area (Å²) in [6, 6.07) is 5.25. The number of halogens is 1. The highest BCUT2D eigenvalue weighted by Crippen LogP contribution is 2.31. The molecule has 20 heavy (non-hydrogen) atoms. The summed E-state index contributed by atoms with van der Waals surface area (Å²) in [5.41, 5.74) is 1.52.